The van der Waals surface area contributed by atoms with E-state index in [1.165, 1.54) is 0 Å². The predicted molar refractivity (Wildman–Crippen MR) is 81.9 cm³/mol. The molecule has 0 saturated carbocycles. The number of hydrogen-bond donors (Lipinski definition) is 0. The number of likely N-dealkylation sites (N-methyl/N-ethyl adjacent to an activating group) is 1. The molecule has 0 radical (unpaired) electrons. The summed E-state index contributed by atoms with van der Waals surface area (Å²) in [6, 6.07) is 9.54. The molecule has 0 saturated heterocycles. The average Bonchev–Trinajstić information content (AvgIpc) is 3.14. The fourth-order valence-corrected chi connectivity index (χ4v) is 2.39. The third kappa shape index (κ3) is 2.69. The number of carbonyl (C=O) groups is 1. The second-order valence-corrected chi connectivity index (χ2v) is 5.12. The molecule has 3 rings (SSSR count). The molecule has 114 valence electrons. The number of para-hydroxylation sites is 1. The van der Waals surface area contributed by atoms with Gasteiger partial charge >= 0.3 is 0 Å². The number of rotatable bonds is 5. The molecule has 2 aromatic heterocycles. The lowest BCUT2D eigenvalue weighted by atomic mass is 10.3. The third-order valence-electron chi connectivity index (χ3n) is 3.63. The smallest absolute Gasteiger partial charge is 0.244 e. The van der Waals surface area contributed by atoms with Crippen LogP contribution >= 0.6 is 0 Å². The van der Waals surface area contributed by atoms with Gasteiger partial charge in [0.25, 0.3) is 0 Å². The van der Waals surface area contributed by atoms with Crippen LogP contribution in [0.4, 0.5) is 0 Å². The van der Waals surface area contributed by atoms with Gasteiger partial charge in [-0.05, 0) is 25.1 Å². The molecule has 0 unspecified atom stereocenters. The Morgan fingerprint density at radius 2 is 2.05 bits per heavy atom. The standard InChI is InChI=1S/C15H18N6O/c1-3-20-12(8-9-16-20)10-19(2)15(22)11-21-14-7-5-4-6-13(14)17-18-21/h4-9H,3,10-11H2,1-2H3. The summed E-state index contributed by atoms with van der Waals surface area (Å²) >= 11 is 0. The first-order valence-corrected chi connectivity index (χ1v) is 7.22. The largest absolute Gasteiger partial charge is 0.338 e. The van der Waals surface area contributed by atoms with Crippen molar-refractivity contribution in [3.8, 4) is 0 Å². The molecule has 0 fully saturated rings. The first-order chi connectivity index (χ1) is 10.7. The normalized spacial score (nSPS) is 11.0. The Bertz CT molecular complexity index is 790. The molecule has 0 aliphatic heterocycles. The van der Waals surface area contributed by atoms with Gasteiger partial charge in [-0.15, -0.1) is 5.10 Å². The number of fused-ring (bicyclic) bond motifs is 1. The van der Waals surface area contributed by atoms with Crippen LogP contribution in [0.2, 0.25) is 0 Å². The van der Waals surface area contributed by atoms with Crippen LogP contribution in [-0.2, 0) is 24.4 Å². The summed E-state index contributed by atoms with van der Waals surface area (Å²) in [5.74, 6) is -0.0143. The molecule has 7 heteroatoms. The molecule has 0 N–H and O–H groups in total. The topological polar surface area (TPSA) is 68.8 Å². The van der Waals surface area contributed by atoms with Crippen molar-refractivity contribution in [3.63, 3.8) is 0 Å². The van der Waals surface area contributed by atoms with E-state index in [1.54, 1.807) is 22.8 Å². The van der Waals surface area contributed by atoms with Crippen molar-refractivity contribution in [1.29, 1.82) is 0 Å². The Morgan fingerprint density at radius 3 is 2.86 bits per heavy atom. The summed E-state index contributed by atoms with van der Waals surface area (Å²) in [5, 5.41) is 12.3. The molecule has 0 spiro atoms. The first-order valence-electron chi connectivity index (χ1n) is 7.22. The highest BCUT2D eigenvalue weighted by molar-refractivity contribution is 5.79. The van der Waals surface area contributed by atoms with Crippen molar-refractivity contribution < 1.29 is 4.79 Å². The fourth-order valence-electron chi connectivity index (χ4n) is 2.39. The summed E-state index contributed by atoms with van der Waals surface area (Å²) in [7, 11) is 1.79. The van der Waals surface area contributed by atoms with E-state index in [9.17, 15) is 4.79 Å². The first kappa shape index (κ1) is 14.2. The van der Waals surface area contributed by atoms with Crippen LogP contribution in [0.5, 0.6) is 0 Å². The molecular formula is C15H18N6O. The molecule has 1 aromatic carbocycles. The van der Waals surface area contributed by atoms with E-state index in [0.29, 0.717) is 6.54 Å². The zero-order valence-electron chi connectivity index (χ0n) is 12.7. The quantitative estimate of drug-likeness (QED) is 0.712. The SMILES string of the molecule is CCn1nccc1CN(C)C(=O)Cn1nnc2ccccc21. The maximum atomic E-state index is 12.4. The van der Waals surface area contributed by atoms with Crippen molar-refractivity contribution in [2.45, 2.75) is 26.6 Å². The molecule has 22 heavy (non-hydrogen) atoms. The lowest BCUT2D eigenvalue weighted by Gasteiger charge is -2.17. The van der Waals surface area contributed by atoms with Gasteiger partial charge in [0.1, 0.15) is 12.1 Å². The Kier molecular flexibility index (Phi) is 3.86. The minimum atomic E-state index is -0.0143. The highest BCUT2D eigenvalue weighted by Gasteiger charge is 2.14. The number of hydrogen-bond acceptors (Lipinski definition) is 4. The van der Waals surface area contributed by atoms with Gasteiger partial charge in [-0.3, -0.25) is 9.48 Å². The van der Waals surface area contributed by atoms with Crippen LogP contribution in [0.25, 0.3) is 11.0 Å². The summed E-state index contributed by atoms with van der Waals surface area (Å²) < 4.78 is 3.51. The Balaban J connectivity index is 1.71. The Morgan fingerprint density at radius 1 is 1.23 bits per heavy atom. The fraction of sp³-hybridized carbons (Fsp3) is 0.333. The zero-order valence-corrected chi connectivity index (χ0v) is 12.7. The minimum Gasteiger partial charge on any atom is -0.338 e. The molecule has 0 aliphatic carbocycles. The van der Waals surface area contributed by atoms with Crippen molar-refractivity contribution in [2.24, 2.45) is 0 Å². The van der Waals surface area contributed by atoms with Gasteiger partial charge in [0.2, 0.25) is 5.91 Å². The van der Waals surface area contributed by atoms with Gasteiger partial charge < -0.3 is 4.90 Å². The van der Waals surface area contributed by atoms with E-state index < -0.39 is 0 Å². The van der Waals surface area contributed by atoms with Gasteiger partial charge in [-0.2, -0.15) is 5.10 Å². The van der Waals surface area contributed by atoms with Crippen LogP contribution < -0.4 is 0 Å². The Hall–Kier alpha value is -2.70. The highest BCUT2D eigenvalue weighted by atomic mass is 16.2. The zero-order chi connectivity index (χ0) is 15.5. The van der Waals surface area contributed by atoms with E-state index in [4.69, 9.17) is 0 Å². The summed E-state index contributed by atoms with van der Waals surface area (Å²) in [5.41, 5.74) is 2.67. The van der Waals surface area contributed by atoms with Crippen LogP contribution in [0.1, 0.15) is 12.6 Å². The third-order valence-corrected chi connectivity index (χ3v) is 3.63. The van der Waals surface area contributed by atoms with Crippen molar-refractivity contribution in [2.75, 3.05) is 7.05 Å². The minimum absolute atomic E-state index is 0.0143. The van der Waals surface area contributed by atoms with Gasteiger partial charge in [-0.25, -0.2) is 4.68 Å². The van der Waals surface area contributed by atoms with Crippen LogP contribution in [0, 0.1) is 0 Å². The van der Waals surface area contributed by atoms with Crippen molar-refractivity contribution >= 4 is 16.9 Å². The van der Waals surface area contributed by atoms with Gasteiger partial charge in [0, 0.05) is 19.8 Å². The number of aryl methyl sites for hydroxylation is 1. The lowest BCUT2D eigenvalue weighted by Crippen LogP contribution is -2.31. The average molecular weight is 298 g/mol. The number of amides is 1. The molecule has 1 amide bonds. The molecule has 7 nitrogen and oxygen atoms in total. The second kappa shape index (κ2) is 5.97. The number of nitrogens with zero attached hydrogens (tertiary/aromatic N) is 6. The molecule has 2 heterocycles. The van der Waals surface area contributed by atoms with E-state index in [-0.39, 0.29) is 12.5 Å². The van der Waals surface area contributed by atoms with Crippen LogP contribution in [-0.4, -0.2) is 42.6 Å². The number of aromatic nitrogens is 5. The Labute approximate surface area is 128 Å². The van der Waals surface area contributed by atoms with Crippen LogP contribution in [0.15, 0.2) is 36.5 Å². The van der Waals surface area contributed by atoms with Crippen LogP contribution in [0.3, 0.4) is 0 Å². The molecule has 0 atom stereocenters. The number of benzene rings is 1. The summed E-state index contributed by atoms with van der Waals surface area (Å²) in [6.45, 7) is 3.52. The van der Waals surface area contributed by atoms with E-state index in [2.05, 4.69) is 15.4 Å². The molecule has 0 bridgehead atoms. The summed E-state index contributed by atoms with van der Waals surface area (Å²) in [6.07, 6.45) is 1.75. The lowest BCUT2D eigenvalue weighted by molar-refractivity contribution is -0.131. The van der Waals surface area contributed by atoms with Gasteiger partial charge in [0.05, 0.1) is 17.8 Å². The van der Waals surface area contributed by atoms with Gasteiger partial charge in [-0.1, -0.05) is 17.3 Å². The summed E-state index contributed by atoms with van der Waals surface area (Å²) in [4.78, 5) is 14.1. The van der Waals surface area contributed by atoms with Gasteiger partial charge in [0.15, 0.2) is 0 Å². The van der Waals surface area contributed by atoms with E-state index in [1.807, 2.05) is 41.9 Å². The highest BCUT2D eigenvalue weighted by Crippen LogP contribution is 2.10. The second-order valence-electron chi connectivity index (χ2n) is 5.12. The monoisotopic (exact) mass is 298 g/mol. The maximum Gasteiger partial charge on any atom is 0.244 e. The van der Waals surface area contributed by atoms with Crippen molar-refractivity contribution in [1.82, 2.24) is 29.7 Å². The van der Waals surface area contributed by atoms with E-state index >= 15 is 0 Å². The number of carbonyl (C=O) groups excluding carboxylic acids is 1. The predicted octanol–water partition coefficient (Wildman–Crippen LogP) is 1.31. The molecular weight excluding hydrogens is 280 g/mol. The maximum absolute atomic E-state index is 12.4. The van der Waals surface area contributed by atoms with E-state index in [0.717, 1.165) is 23.3 Å². The molecule has 0 aliphatic rings. The van der Waals surface area contributed by atoms with Crippen molar-refractivity contribution in [3.05, 3.63) is 42.2 Å². The molecule has 3 aromatic rings.